The lowest BCUT2D eigenvalue weighted by atomic mass is 10.2. The van der Waals surface area contributed by atoms with Gasteiger partial charge >= 0.3 is 0 Å². The van der Waals surface area contributed by atoms with Crippen molar-refractivity contribution >= 4 is 8.07 Å². The van der Waals surface area contributed by atoms with Gasteiger partial charge < -0.3 is 4.74 Å². The first-order chi connectivity index (χ1) is 7.06. The number of aromatic nitrogens is 1. The average Bonchev–Trinajstić information content (AvgIpc) is 2.94. The van der Waals surface area contributed by atoms with E-state index in [1.807, 2.05) is 12.3 Å². The molecule has 1 aromatic rings. The van der Waals surface area contributed by atoms with E-state index in [1.165, 1.54) is 5.56 Å². The highest BCUT2D eigenvalue weighted by molar-refractivity contribution is 6.80. The Labute approximate surface area is 92.0 Å². The molecule has 2 atom stereocenters. The van der Waals surface area contributed by atoms with E-state index in [1.54, 1.807) is 6.20 Å². The smallest absolute Gasteiger partial charge is 0.115 e. The van der Waals surface area contributed by atoms with Gasteiger partial charge in [0.1, 0.15) is 12.2 Å². The van der Waals surface area contributed by atoms with Gasteiger partial charge in [0.25, 0.3) is 0 Å². The van der Waals surface area contributed by atoms with Crippen molar-refractivity contribution in [3.8, 4) is 0 Å². The second-order valence-electron chi connectivity index (χ2n) is 5.03. The molecule has 1 saturated heterocycles. The highest BCUT2D eigenvalue weighted by atomic mass is 28.3. The van der Waals surface area contributed by atoms with Crippen molar-refractivity contribution in [2.75, 3.05) is 0 Å². The summed E-state index contributed by atoms with van der Waals surface area (Å²) >= 11 is 0. The molecule has 0 saturated carbocycles. The average molecular weight is 219 g/mol. The lowest BCUT2D eigenvalue weighted by Crippen LogP contribution is -2.15. The minimum atomic E-state index is -1.09. The van der Waals surface area contributed by atoms with E-state index in [4.69, 9.17) is 4.74 Å². The summed E-state index contributed by atoms with van der Waals surface area (Å²) in [6.07, 6.45) is 6.41. The fourth-order valence-electron chi connectivity index (χ4n) is 1.47. The van der Waals surface area contributed by atoms with Gasteiger partial charge in [-0.05, 0) is 6.07 Å². The first-order valence-electron chi connectivity index (χ1n) is 5.31. The first-order valence-corrected chi connectivity index (χ1v) is 8.89. The Morgan fingerprint density at radius 1 is 1.40 bits per heavy atom. The summed E-state index contributed by atoms with van der Waals surface area (Å²) in [5.74, 6) is 0. The zero-order valence-electron chi connectivity index (χ0n) is 9.47. The molecule has 2 nitrogen and oxygen atoms in total. The molecule has 1 aliphatic heterocycles. The quantitative estimate of drug-likeness (QED) is 0.577. The van der Waals surface area contributed by atoms with Gasteiger partial charge in [-0.3, -0.25) is 4.98 Å². The molecule has 1 fully saturated rings. The maximum atomic E-state index is 5.59. The van der Waals surface area contributed by atoms with Crippen molar-refractivity contribution < 1.29 is 4.74 Å². The lowest BCUT2D eigenvalue weighted by Gasteiger charge is -2.06. The van der Waals surface area contributed by atoms with Crippen LogP contribution in [0.1, 0.15) is 11.7 Å². The van der Waals surface area contributed by atoms with Gasteiger partial charge in [-0.25, -0.2) is 0 Å². The fourth-order valence-corrected chi connectivity index (χ4v) is 2.23. The Bertz CT molecular complexity index is 356. The highest BCUT2D eigenvalue weighted by Crippen LogP contribution is 2.39. The number of pyridine rings is 1. The summed E-state index contributed by atoms with van der Waals surface area (Å²) in [6, 6.07) is 4.02. The van der Waals surface area contributed by atoms with E-state index < -0.39 is 8.07 Å². The molecule has 0 unspecified atom stereocenters. The topological polar surface area (TPSA) is 25.4 Å². The number of epoxide rings is 1. The molecule has 0 amide bonds. The van der Waals surface area contributed by atoms with Crippen LogP contribution in [0.5, 0.6) is 0 Å². The van der Waals surface area contributed by atoms with E-state index in [2.05, 4.69) is 42.5 Å². The van der Waals surface area contributed by atoms with E-state index in [-0.39, 0.29) is 12.2 Å². The van der Waals surface area contributed by atoms with Crippen molar-refractivity contribution in [2.24, 2.45) is 0 Å². The predicted octanol–water partition coefficient (Wildman–Crippen LogP) is 2.96. The molecule has 2 rings (SSSR count). The van der Waals surface area contributed by atoms with Gasteiger partial charge in [0, 0.05) is 18.0 Å². The molecule has 0 aliphatic carbocycles. The van der Waals surface area contributed by atoms with Crippen LogP contribution < -0.4 is 0 Å². The summed E-state index contributed by atoms with van der Waals surface area (Å²) in [4.78, 5) is 4.09. The molecular weight excluding hydrogens is 202 g/mol. The van der Waals surface area contributed by atoms with Crippen LogP contribution in [0.4, 0.5) is 0 Å². The number of hydrogen-bond donors (Lipinski definition) is 0. The van der Waals surface area contributed by atoms with E-state index in [0.29, 0.717) is 0 Å². The largest absolute Gasteiger partial charge is 0.360 e. The predicted molar refractivity (Wildman–Crippen MR) is 64.3 cm³/mol. The molecule has 15 heavy (non-hydrogen) atoms. The molecule has 2 heterocycles. The fraction of sp³-hybridized carbons (Fsp3) is 0.417. The summed E-state index contributed by atoms with van der Waals surface area (Å²) in [5.41, 5.74) is 3.52. The Kier molecular flexibility index (Phi) is 2.76. The maximum Gasteiger partial charge on any atom is 0.115 e. The van der Waals surface area contributed by atoms with Crippen LogP contribution in [0, 0.1) is 0 Å². The van der Waals surface area contributed by atoms with Crippen LogP contribution in [0.2, 0.25) is 19.6 Å². The van der Waals surface area contributed by atoms with Crippen LogP contribution in [0.15, 0.2) is 36.3 Å². The standard InChI is InChI=1S/C12H17NOSi/c1-15(2,3)8-6-11-12(14-11)10-5-4-7-13-9-10/h4-9,11-12H,1-3H3/b8-6+/t11-,12-/m1/s1. The molecule has 0 N–H and O–H groups in total. The SMILES string of the molecule is C[Si](C)(C)/C=C/[C@H]1O[C@@H]1c1cccnc1. The highest BCUT2D eigenvalue weighted by Gasteiger charge is 2.38. The third-order valence-corrected chi connectivity index (χ3v) is 3.52. The van der Waals surface area contributed by atoms with Crippen LogP contribution in [-0.4, -0.2) is 19.2 Å². The van der Waals surface area contributed by atoms with E-state index in [9.17, 15) is 0 Å². The molecule has 0 bridgehead atoms. The zero-order chi connectivity index (χ0) is 10.9. The van der Waals surface area contributed by atoms with Gasteiger partial charge in [0.2, 0.25) is 0 Å². The van der Waals surface area contributed by atoms with Crippen molar-refractivity contribution in [3.63, 3.8) is 0 Å². The van der Waals surface area contributed by atoms with Crippen LogP contribution in [0.25, 0.3) is 0 Å². The summed E-state index contributed by atoms with van der Waals surface area (Å²) < 4.78 is 5.59. The van der Waals surface area contributed by atoms with Crippen LogP contribution >= 0.6 is 0 Å². The monoisotopic (exact) mass is 219 g/mol. The number of rotatable bonds is 3. The molecule has 0 radical (unpaired) electrons. The van der Waals surface area contributed by atoms with Crippen molar-refractivity contribution in [1.82, 2.24) is 4.98 Å². The van der Waals surface area contributed by atoms with Gasteiger partial charge in [-0.2, -0.15) is 0 Å². The van der Waals surface area contributed by atoms with Crippen molar-refractivity contribution in [3.05, 3.63) is 41.9 Å². The zero-order valence-corrected chi connectivity index (χ0v) is 10.5. The lowest BCUT2D eigenvalue weighted by molar-refractivity contribution is 0.393. The normalized spacial score (nSPS) is 25.8. The van der Waals surface area contributed by atoms with E-state index >= 15 is 0 Å². The Morgan fingerprint density at radius 2 is 2.20 bits per heavy atom. The third-order valence-electron chi connectivity index (χ3n) is 2.32. The number of hydrogen-bond acceptors (Lipinski definition) is 2. The Morgan fingerprint density at radius 3 is 2.80 bits per heavy atom. The Balaban J connectivity index is 1.95. The minimum Gasteiger partial charge on any atom is -0.360 e. The summed E-state index contributed by atoms with van der Waals surface area (Å²) in [6.45, 7) is 6.97. The molecule has 0 spiro atoms. The Hall–Kier alpha value is -0.933. The first kappa shape index (κ1) is 10.6. The van der Waals surface area contributed by atoms with Gasteiger partial charge in [-0.15, -0.1) is 0 Å². The molecule has 0 aromatic carbocycles. The van der Waals surface area contributed by atoms with Gasteiger partial charge in [-0.1, -0.05) is 37.5 Å². The van der Waals surface area contributed by atoms with Crippen molar-refractivity contribution in [1.29, 1.82) is 0 Å². The van der Waals surface area contributed by atoms with Crippen LogP contribution in [0.3, 0.4) is 0 Å². The maximum absolute atomic E-state index is 5.59. The van der Waals surface area contributed by atoms with E-state index in [0.717, 1.165) is 0 Å². The summed E-state index contributed by atoms with van der Waals surface area (Å²) in [5, 5.41) is 0. The number of nitrogens with zero attached hydrogens (tertiary/aromatic N) is 1. The molecule has 1 aliphatic rings. The minimum absolute atomic E-state index is 0.242. The second kappa shape index (κ2) is 3.91. The van der Waals surface area contributed by atoms with Crippen LogP contribution in [-0.2, 0) is 4.74 Å². The third kappa shape index (κ3) is 3.01. The molecular formula is C12H17NOSi. The molecule has 80 valence electrons. The summed E-state index contributed by atoms with van der Waals surface area (Å²) in [7, 11) is -1.09. The number of ether oxygens (including phenoxy) is 1. The van der Waals surface area contributed by atoms with Gasteiger partial charge in [0.15, 0.2) is 0 Å². The molecule has 3 heteroatoms. The molecule has 1 aromatic heterocycles. The van der Waals surface area contributed by atoms with Crippen molar-refractivity contribution in [2.45, 2.75) is 31.8 Å². The second-order valence-corrected chi connectivity index (χ2v) is 10.1. The van der Waals surface area contributed by atoms with Gasteiger partial charge in [0.05, 0.1) is 8.07 Å².